The normalized spacial score (nSPS) is 16.1. The summed E-state index contributed by atoms with van der Waals surface area (Å²) in [5.74, 6) is 2.10. The van der Waals surface area contributed by atoms with Gasteiger partial charge in [-0.2, -0.15) is 0 Å². The first kappa shape index (κ1) is 19.0. The van der Waals surface area contributed by atoms with Crippen molar-refractivity contribution < 1.29 is 19.1 Å². The van der Waals surface area contributed by atoms with Crippen molar-refractivity contribution in [3.63, 3.8) is 0 Å². The number of carbonyl (C=O) groups is 2. The number of nitrogens with zero attached hydrogens (tertiary/aromatic N) is 4. The van der Waals surface area contributed by atoms with Crippen molar-refractivity contribution >= 4 is 11.7 Å². The van der Waals surface area contributed by atoms with Crippen LogP contribution in [0.15, 0.2) is 24.3 Å². The number of Topliss-reactive ketones (excluding diaryl/α,β-unsaturated/α-hetero) is 1. The standard InChI is InChI=1S/C19H24N4O4/c1-13-10-22(11-17-20-21-18(12-26-2)23(13)17)19(25)9-8-16(24)14-4-6-15(27-3)7-5-14/h4-7,13H,8-12H2,1-3H3/t13-/m0/s1. The van der Waals surface area contributed by atoms with Gasteiger partial charge in [-0.05, 0) is 31.2 Å². The van der Waals surface area contributed by atoms with E-state index in [2.05, 4.69) is 10.2 Å². The minimum Gasteiger partial charge on any atom is -0.497 e. The molecule has 1 amide bonds. The molecule has 0 saturated heterocycles. The summed E-state index contributed by atoms with van der Waals surface area (Å²) >= 11 is 0. The quantitative estimate of drug-likeness (QED) is 0.691. The summed E-state index contributed by atoms with van der Waals surface area (Å²) < 4.78 is 12.3. The van der Waals surface area contributed by atoms with Gasteiger partial charge < -0.3 is 18.9 Å². The van der Waals surface area contributed by atoms with Crippen LogP contribution in [-0.4, -0.2) is 52.1 Å². The van der Waals surface area contributed by atoms with Crippen molar-refractivity contribution in [1.82, 2.24) is 19.7 Å². The molecule has 8 nitrogen and oxygen atoms in total. The predicted octanol–water partition coefficient (Wildman–Crippen LogP) is 2.00. The molecule has 0 fully saturated rings. The second-order valence-corrected chi connectivity index (χ2v) is 6.61. The van der Waals surface area contributed by atoms with Crippen molar-refractivity contribution in [3.8, 4) is 5.75 Å². The van der Waals surface area contributed by atoms with Gasteiger partial charge in [0.05, 0.1) is 19.7 Å². The lowest BCUT2D eigenvalue weighted by Gasteiger charge is -2.32. The Morgan fingerprint density at radius 2 is 1.89 bits per heavy atom. The second kappa shape index (κ2) is 8.30. The Morgan fingerprint density at radius 3 is 2.56 bits per heavy atom. The van der Waals surface area contributed by atoms with E-state index in [1.807, 2.05) is 11.5 Å². The van der Waals surface area contributed by atoms with Crippen molar-refractivity contribution in [3.05, 3.63) is 41.5 Å². The lowest BCUT2D eigenvalue weighted by molar-refractivity contribution is -0.133. The molecule has 0 N–H and O–H groups in total. The van der Waals surface area contributed by atoms with Crippen LogP contribution in [0, 0.1) is 0 Å². The Kier molecular flexibility index (Phi) is 5.85. The number of amides is 1. The Bertz CT molecular complexity index is 816. The van der Waals surface area contributed by atoms with Crippen LogP contribution >= 0.6 is 0 Å². The highest BCUT2D eigenvalue weighted by molar-refractivity contribution is 5.98. The monoisotopic (exact) mass is 372 g/mol. The van der Waals surface area contributed by atoms with E-state index in [0.29, 0.717) is 31.0 Å². The average Bonchev–Trinajstić information content (AvgIpc) is 3.09. The minimum atomic E-state index is -0.0541. The van der Waals surface area contributed by atoms with Gasteiger partial charge in [-0.1, -0.05) is 0 Å². The van der Waals surface area contributed by atoms with Crippen LogP contribution in [0.5, 0.6) is 5.75 Å². The summed E-state index contributed by atoms with van der Waals surface area (Å²) in [5, 5.41) is 8.32. The van der Waals surface area contributed by atoms with Gasteiger partial charge >= 0.3 is 0 Å². The number of benzene rings is 1. The molecule has 0 radical (unpaired) electrons. The van der Waals surface area contributed by atoms with Gasteiger partial charge in [0.25, 0.3) is 0 Å². The summed E-state index contributed by atoms with van der Waals surface area (Å²) in [4.78, 5) is 26.7. The molecule has 1 aromatic carbocycles. The smallest absolute Gasteiger partial charge is 0.223 e. The summed E-state index contributed by atoms with van der Waals surface area (Å²) in [6.45, 7) is 3.38. The first-order chi connectivity index (χ1) is 13.0. The van der Waals surface area contributed by atoms with E-state index in [1.54, 1.807) is 43.4 Å². The van der Waals surface area contributed by atoms with Gasteiger partial charge in [-0.25, -0.2) is 0 Å². The van der Waals surface area contributed by atoms with Crippen molar-refractivity contribution in [2.24, 2.45) is 0 Å². The SMILES string of the molecule is COCc1nnc2n1[C@@H](C)CN(C(=O)CCC(=O)c1ccc(OC)cc1)C2. The molecular weight excluding hydrogens is 348 g/mol. The fourth-order valence-corrected chi connectivity index (χ4v) is 3.33. The number of carbonyl (C=O) groups excluding carboxylic acids is 2. The number of ether oxygens (including phenoxy) is 2. The maximum Gasteiger partial charge on any atom is 0.223 e. The Hall–Kier alpha value is -2.74. The van der Waals surface area contributed by atoms with Crippen molar-refractivity contribution in [2.45, 2.75) is 39.0 Å². The number of methoxy groups -OCH3 is 2. The Morgan fingerprint density at radius 1 is 1.15 bits per heavy atom. The van der Waals surface area contributed by atoms with Crippen LogP contribution in [0.1, 0.15) is 47.8 Å². The third-order valence-corrected chi connectivity index (χ3v) is 4.70. The third-order valence-electron chi connectivity index (χ3n) is 4.70. The lowest BCUT2D eigenvalue weighted by Crippen LogP contribution is -2.40. The predicted molar refractivity (Wildman–Crippen MR) is 97.4 cm³/mol. The first-order valence-corrected chi connectivity index (χ1v) is 8.90. The highest BCUT2D eigenvalue weighted by Crippen LogP contribution is 2.23. The minimum absolute atomic E-state index is 0.0498. The van der Waals surface area contributed by atoms with Gasteiger partial charge in [0.2, 0.25) is 5.91 Å². The van der Waals surface area contributed by atoms with Crippen LogP contribution in [0.4, 0.5) is 0 Å². The van der Waals surface area contributed by atoms with E-state index in [9.17, 15) is 9.59 Å². The molecule has 0 spiro atoms. The van der Waals surface area contributed by atoms with Crippen molar-refractivity contribution in [1.29, 1.82) is 0 Å². The molecule has 0 aliphatic carbocycles. The zero-order valence-electron chi connectivity index (χ0n) is 15.8. The van der Waals surface area contributed by atoms with E-state index in [-0.39, 0.29) is 30.6 Å². The summed E-state index contributed by atoms with van der Waals surface area (Å²) in [6, 6.07) is 6.98. The third kappa shape index (κ3) is 4.16. The highest BCUT2D eigenvalue weighted by atomic mass is 16.5. The lowest BCUT2D eigenvalue weighted by atomic mass is 10.1. The largest absolute Gasteiger partial charge is 0.497 e. The Labute approximate surface area is 158 Å². The molecule has 2 aromatic rings. The zero-order valence-corrected chi connectivity index (χ0v) is 15.8. The Balaban J connectivity index is 1.58. The first-order valence-electron chi connectivity index (χ1n) is 8.90. The van der Waals surface area contributed by atoms with E-state index in [0.717, 1.165) is 11.6 Å². The molecular formula is C19H24N4O4. The molecule has 1 aromatic heterocycles. The summed E-state index contributed by atoms with van der Waals surface area (Å²) in [7, 11) is 3.19. The molecule has 0 bridgehead atoms. The van der Waals surface area contributed by atoms with Crippen LogP contribution in [0.2, 0.25) is 0 Å². The van der Waals surface area contributed by atoms with E-state index in [1.165, 1.54) is 0 Å². The van der Waals surface area contributed by atoms with Gasteiger partial charge in [-0.3, -0.25) is 9.59 Å². The van der Waals surface area contributed by atoms with Gasteiger partial charge in [0.1, 0.15) is 12.4 Å². The van der Waals surface area contributed by atoms with Crippen molar-refractivity contribution in [2.75, 3.05) is 20.8 Å². The fraction of sp³-hybridized carbons (Fsp3) is 0.474. The van der Waals surface area contributed by atoms with Gasteiger partial charge in [0, 0.05) is 32.1 Å². The van der Waals surface area contributed by atoms with Crippen LogP contribution in [-0.2, 0) is 22.7 Å². The molecule has 0 saturated carbocycles. The highest BCUT2D eigenvalue weighted by Gasteiger charge is 2.29. The number of aromatic nitrogens is 3. The molecule has 1 aliphatic heterocycles. The van der Waals surface area contributed by atoms with Gasteiger partial charge in [0.15, 0.2) is 17.4 Å². The molecule has 0 unspecified atom stereocenters. The van der Waals surface area contributed by atoms with Crippen LogP contribution in [0.3, 0.4) is 0 Å². The number of ketones is 1. The van der Waals surface area contributed by atoms with Gasteiger partial charge in [-0.15, -0.1) is 10.2 Å². The average molecular weight is 372 g/mol. The molecule has 144 valence electrons. The molecule has 27 heavy (non-hydrogen) atoms. The number of fused-ring (bicyclic) bond motifs is 1. The number of hydrogen-bond acceptors (Lipinski definition) is 6. The van der Waals surface area contributed by atoms with E-state index < -0.39 is 0 Å². The maximum atomic E-state index is 12.6. The van der Waals surface area contributed by atoms with E-state index >= 15 is 0 Å². The molecule has 1 aliphatic rings. The van der Waals surface area contributed by atoms with Crippen LogP contribution in [0.25, 0.3) is 0 Å². The molecule has 2 heterocycles. The maximum absolute atomic E-state index is 12.6. The van der Waals surface area contributed by atoms with E-state index in [4.69, 9.17) is 9.47 Å². The molecule has 3 rings (SSSR count). The topological polar surface area (TPSA) is 86.6 Å². The zero-order chi connectivity index (χ0) is 19.4. The second-order valence-electron chi connectivity index (χ2n) is 6.61. The van der Waals surface area contributed by atoms with Crippen LogP contribution < -0.4 is 4.74 Å². The fourth-order valence-electron chi connectivity index (χ4n) is 3.33. The molecule has 8 heteroatoms. The number of hydrogen-bond donors (Lipinski definition) is 0. The number of rotatable bonds is 7. The summed E-state index contributed by atoms with van der Waals surface area (Å²) in [5.41, 5.74) is 0.583. The molecule has 1 atom stereocenters. The summed E-state index contributed by atoms with van der Waals surface area (Å²) in [6.07, 6.45) is 0.355.